The Hall–Kier alpha value is -2.36. The molecule has 0 spiro atoms. The summed E-state index contributed by atoms with van der Waals surface area (Å²) >= 11 is 0. The molecule has 20 heavy (non-hydrogen) atoms. The fraction of sp³-hybridized carbons (Fsp3) is 0.188. The zero-order valence-electron chi connectivity index (χ0n) is 11.3. The van der Waals surface area contributed by atoms with E-state index in [1.165, 1.54) is 6.07 Å². The van der Waals surface area contributed by atoms with Gasteiger partial charge >= 0.3 is 0 Å². The van der Waals surface area contributed by atoms with Gasteiger partial charge in [-0.15, -0.1) is 0 Å². The second kappa shape index (κ2) is 6.19. The Morgan fingerprint density at radius 1 is 1.20 bits per heavy atom. The summed E-state index contributed by atoms with van der Waals surface area (Å²) < 4.78 is 13.5. The summed E-state index contributed by atoms with van der Waals surface area (Å²) in [5, 5.41) is 0. The number of halogens is 1. The van der Waals surface area contributed by atoms with Gasteiger partial charge in [-0.3, -0.25) is 4.79 Å². The molecule has 2 aromatic rings. The van der Waals surface area contributed by atoms with Gasteiger partial charge < -0.3 is 10.6 Å². The van der Waals surface area contributed by atoms with Crippen LogP contribution in [0.3, 0.4) is 0 Å². The number of anilines is 1. The van der Waals surface area contributed by atoms with Gasteiger partial charge in [0, 0.05) is 19.3 Å². The molecule has 0 aliphatic heterocycles. The molecule has 0 radical (unpaired) electrons. The van der Waals surface area contributed by atoms with Gasteiger partial charge in [-0.25, -0.2) is 4.39 Å². The number of carbonyl (C=O) groups is 1. The molecule has 2 aromatic carbocycles. The van der Waals surface area contributed by atoms with Crippen LogP contribution in [0.15, 0.2) is 48.5 Å². The lowest BCUT2D eigenvalue weighted by molar-refractivity contribution is -0.129. The van der Waals surface area contributed by atoms with E-state index in [0.717, 1.165) is 5.56 Å². The molecule has 0 unspecified atom stereocenters. The molecule has 1 amide bonds. The van der Waals surface area contributed by atoms with Crippen LogP contribution in [0.5, 0.6) is 0 Å². The van der Waals surface area contributed by atoms with E-state index < -0.39 is 0 Å². The molecule has 0 bridgehead atoms. The third kappa shape index (κ3) is 3.57. The highest BCUT2D eigenvalue weighted by Gasteiger charge is 2.12. The molecular weight excluding hydrogens is 255 g/mol. The summed E-state index contributed by atoms with van der Waals surface area (Å²) in [7, 11) is 1.70. The van der Waals surface area contributed by atoms with Gasteiger partial charge in [0.25, 0.3) is 0 Å². The van der Waals surface area contributed by atoms with E-state index in [2.05, 4.69) is 0 Å². The number of amides is 1. The third-order valence-electron chi connectivity index (χ3n) is 3.10. The van der Waals surface area contributed by atoms with Gasteiger partial charge in [-0.05, 0) is 29.3 Å². The van der Waals surface area contributed by atoms with Gasteiger partial charge in [0.15, 0.2) is 0 Å². The fourth-order valence-electron chi connectivity index (χ4n) is 1.99. The van der Waals surface area contributed by atoms with Crippen LogP contribution in [-0.4, -0.2) is 17.9 Å². The number of rotatable bonds is 4. The molecule has 0 heterocycles. The molecule has 104 valence electrons. The van der Waals surface area contributed by atoms with Gasteiger partial charge in [0.1, 0.15) is 5.82 Å². The van der Waals surface area contributed by atoms with Crippen molar-refractivity contribution < 1.29 is 9.18 Å². The SMILES string of the molecule is CN(Cc1cccc(N)c1)C(=O)Cc1ccccc1F. The highest BCUT2D eigenvalue weighted by atomic mass is 19.1. The molecule has 0 fully saturated rings. The molecule has 0 aliphatic carbocycles. The number of likely N-dealkylation sites (N-methyl/N-ethyl adjacent to an activating group) is 1. The lowest BCUT2D eigenvalue weighted by atomic mass is 10.1. The summed E-state index contributed by atoms with van der Waals surface area (Å²) in [5.74, 6) is -0.476. The second-order valence-electron chi connectivity index (χ2n) is 4.76. The van der Waals surface area contributed by atoms with Crippen LogP contribution in [-0.2, 0) is 17.8 Å². The number of nitrogens with zero attached hydrogens (tertiary/aromatic N) is 1. The maximum absolute atomic E-state index is 13.5. The average molecular weight is 272 g/mol. The van der Waals surface area contributed by atoms with E-state index >= 15 is 0 Å². The molecule has 3 nitrogen and oxygen atoms in total. The summed E-state index contributed by atoms with van der Waals surface area (Å²) in [6.45, 7) is 0.457. The quantitative estimate of drug-likeness (QED) is 0.870. The lowest BCUT2D eigenvalue weighted by Gasteiger charge is -2.17. The van der Waals surface area contributed by atoms with Gasteiger partial charge in [0.2, 0.25) is 5.91 Å². The number of carbonyl (C=O) groups excluding carboxylic acids is 1. The van der Waals surface area contributed by atoms with E-state index in [1.807, 2.05) is 18.2 Å². The first kappa shape index (κ1) is 14.1. The third-order valence-corrected chi connectivity index (χ3v) is 3.10. The van der Waals surface area contributed by atoms with Crippen LogP contribution in [0.25, 0.3) is 0 Å². The summed E-state index contributed by atoms with van der Waals surface area (Å²) in [4.78, 5) is 13.7. The Balaban J connectivity index is 2.01. The van der Waals surface area contributed by atoms with E-state index in [1.54, 1.807) is 36.2 Å². The summed E-state index contributed by atoms with van der Waals surface area (Å²) in [5.41, 5.74) is 7.73. The van der Waals surface area contributed by atoms with Crippen molar-refractivity contribution in [3.05, 3.63) is 65.5 Å². The molecule has 0 aliphatic rings. The second-order valence-corrected chi connectivity index (χ2v) is 4.76. The predicted octanol–water partition coefficient (Wildman–Crippen LogP) is 2.61. The van der Waals surface area contributed by atoms with Crippen molar-refractivity contribution in [2.24, 2.45) is 0 Å². The highest BCUT2D eigenvalue weighted by Crippen LogP contribution is 2.12. The van der Waals surface area contributed by atoms with Crippen molar-refractivity contribution in [1.82, 2.24) is 4.90 Å². The van der Waals surface area contributed by atoms with Crippen molar-refractivity contribution in [2.75, 3.05) is 12.8 Å². The van der Waals surface area contributed by atoms with Crippen LogP contribution in [0.1, 0.15) is 11.1 Å². The van der Waals surface area contributed by atoms with Crippen LogP contribution < -0.4 is 5.73 Å². The van der Waals surface area contributed by atoms with Gasteiger partial charge in [-0.2, -0.15) is 0 Å². The van der Waals surface area contributed by atoms with Crippen molar-refractivity contribution in [1.29, 1.82) is 0 Å². The average Bonchev–Trinajstić information content (AvgIpc) is 2.41. The van der Waals surface area contributed by atoms with Crippen LogP contribution >= 0.6 is 0 Å². The minimum absolute atomic E-state index is 0.0610. The monoisotopic (exact) mass is 272 g/mol. The predicted molar refractivity (Wildman–Crippen MR) is 77.4 cm³/mol. The van der Waals surface area contributed by atoms with Crippen LogP contribution in [0, 0.1) is 5.82 Å². The Kier molecular flexibility index (Phi) is 4.35. The molecular formula is C16H17FN2O. The molecule has 0 atom stereocenters. The summed E-state index contributed by atoms with van der Waals surface area (Å²) in [6, 6.07) is 13.7. The van der Waals surface area contributed by atoms with E-state index in [0.29, 0.717) is 17.8 Å². The van der Waals surface area contributed by atoms with Crippen molar-refractivity contribution >= 4 is 11.6 Å². The zero-order chi connectivity index (χ0) is 14.5. The Labute approximate surface area is 117 Å². The zero-order valence-corrected chi connectivity index (χ0v) is 11.3. The van der Waals surface area contributed by atoms with Crippen molar-refractivity contribution in [3.63, 3.8) is 0 Å². The van der Waals surface area contributed by atoms with E-state index in [4.69, 9.17) is 5.73 Å². The molecule has 0 aromatic heterocycles. The first-order valence-corrected chi connectivity index (χ1v) is 6.38. The highest BCUT2D eigenvalue weighted by molar-refractivity contribution is 5.78. The smallest absolute Gasteiger partial charge is 0.227 e. The number of hydrogen-bond donors (Lipinski definition) is 1. The minimum Gasteiger partial charge on any atom is -0.399 e. The first-order chi connectivity index (χ1) is 9.56. The maximum Gasteiger partial charge on any atom is 0.227 e. The fourth-order valence-corrected chi connectivity index (χ4v) is 1.99. The van der Waals surface area contributed by atoms with Crippen molar-refractivity contribution in [2.45, 2.75) is 13.0 Å². The molecule has 4 heteroatoms. The van der Waals surface area contributed by atoms with Crippen LogP contribution in [0.4, 0.5) is 10.1 Å². The number of nitrogens with two attached hydrogens (primary N) is 1. The molecule has 0 saturated heterocycles. The number of benzene rings is 2. The maximum atomic E-state index is 13.5. The van der Waals surface area contributed by atoms with Gasteiger partial charge in [-0.1, -0.05) is 30.3 Å². The van der Waals surface area contributed by atoms with E-state index in [9.17, 15) is 9.18 Å². The Bertz CT molecular complexity index is 613. The molecule has 2 N–H and O–H groups in total. The Morgan fingerprint density at radius 2 is 1.95 bits per heavy atom. The van der Waals surface area contributed by atoms with Gasteiger partial charge in [0.05, 0.1) is 6.42 Å². The van der Waals surface area contributed by atoms with Crippen LogP contribution in [0.2, 0.25) is 0 Å². The minimum atomic E-state index is -0.349. The van der Waals surface area contributed by atoms with Crippen molar-refractivity contribution in [3.8, 4) is 0 Å². The molecule has 0 saturated carbocycles. The number of nitrogen functional groups attached to an aromatic ring is 1. The van der Waals surface area contributed by atoms with E-state index in [-0.39, 0.29) is 18.1 Å². The lowest BCUT2D eigenvalue weighted by Crippen LogP contribution is -2.28. The number of hydrogen-bond acceptors (Lipinski definition) is 2. The summed E-state index contributed by atoms with van der Waals surface area (Å²) in [6.07, 6.45) is 0.0610. The first-order valence-electron chi connectivity index (χ1n) is 6.38. The molecule has 2 rings (SSSR count). The largest absolute Gasteiger partial charge is 0.399 e. The standard InChI is InChI=1S/C16H17FN2O/c1-19(11-12-5-4-7-14(18)9-12)16(20)10-13-6-2-3-8-15(13)17/h2-9H,10-11,18H2,1H3. The Morgan fingerprint density at radius 3 is 2.65 bits per heavy atom. The normalized spacial score (nSPS) is 10.3. The topological polar surface area (TPSA) is 46.3 Å².